The fourth-order valence-corrected chi connectivity index (χ4v) is 5.06. The van der Waals surface area contributed by atoms with Crippen molar-refractivity contribution >= 4 is 45.4 Å². The van der Waals surface area contributed by atoms with Gasteiger partial charge in [0.25, 0.3) is 11.5 Å². The molecule has 0 saturated heterocycles. The molecule has 0 fully saturated rings. The van der Waals surface area contributed by atoms with Gasteiger partial charge in [0.05, 0.1) is 36.0 Å². The molecule has 6 aromatic rings. The Hall–Kier alpha value is -6.20. The Balaban J connectivity index is 0.000000654. The highest BCUT2D eigenvalue weighted by atomic mass is 19.4. The van der Waals surface area contributed by atoms with E-state index in [0.717, 1.165) is 33.7 Å². The second kappa shape index (κ2) is 14.7. The number of anilines is 2. The van der Waals surface area contributed by atoms with E-state index >= 15 is 0 Å². The molecule has 0 spiro atoms. The number of carbonyl (C=O) groups is 2. The minimum absolute atomic E-state index is 0.107. The molecule has 3 aromatic carbocycles. The smallest absolute Gasteiger partial charge is 0.475 e. The fraction of sp³-hybridized carbons (Fsp3) is 0.147. The number of aromatic nitrogens is 4. The number of carbonyl (C=O) groups excluding carboxylic acids is 1. The third-order valence-electron chi connectivity index (χ3n) is 7.51. The molecule has 0 radical (unpaired) electrons. The molecule has 0 saturated carbocycles. The van der Waals surface area contributed by atoms with Crippen molar-refractivity contribution in [1.82, 2.24) is 19.5 Å². The van der Waals surface area contributed by atoms with E-state index in [0.29, 0.717) is 22.3 Å². The van der Waals surface area contributed by atoms with E-state index in [1.165, 1.54) is 12.1 Å². The van der Waals surface area contributed by atoms with Crippen LogP contribution in [0.15, 0.2) is 83.8 Å². The third-order valence-corrected chi connectivity index (χ3v) is 7.51. The number of aromatic amines is 1. The van der Waals surface area contributed by atoms with Crippen molar-refractivity contribution in [3.63, 3.8) is 0 Å². The zero-order valence-corrected chi connectivity index (χ0v) is 26.3. The summed E-state index contributed by atoms with van der Waals surface area (Å²) < 4.78 is 62.5. The highest BCUT2D eigenvalue weighted by molar-refractivity contribution is 6.12. The average Bonchev–Trinajstić information content (AvgIpc) is 3.58. The maximum absolute atomic E-state index is 15.0. The van der Waals surface area contributed by atoms with Gasteiger partial charge in [-0.15, -0.1) is 0 Å². The number of fused-ring (bicyclic) bond motifs is 2. The average molecular weight is 711 g/mol. The van der Waals surface area contributed by atoms with Crippen LogP contribution in [0.5, 0.6) is 0 Å². The Labute approximate surface area is 283 Å². The molecule has 0 atom stereocenters. The van der Waals surface area contributed by atoms with Gasteiger partial charge in [-0.1, -0.05) is 24.3 Å². The number of nitrogens with zero attached hydrogens (tertiary/aromatic N) is 3. The van der Waals surface area contributed by atoms with Gasteiger partial charge in [-0.25, -0.2) is 18.6 Å². The van der Waals surface area contributed by atoms with Gasteiger partial charge in [-0.3, -0.25) is 14.2 Å². The number of halogens is 5. The summed E-state index contributed by atoms with van der Waals surface area (Å²) in [5, 5.41) is 33.4. The summed E-state index contributed by atoms with van der Waals surface area (Å²) in [6.07, 6.45) is -3.33. The Bertz CT molecular complexity index is 2300. The van der Waals surface area contributed by atoms with E-state index in [4.69, 9.17) is 9.90 Å². The minimum Gasteiger partial charge on any atom is -0.475 e. The number of nitrogens with one attached hydrogen (secondary N) is 3. The summed E-state index contributed by atoms with van der Waals surface area (Å²) in [7, 11) is 0. The first-order valence-electron chi connectivity index (χ1n) is 14.9. The molecule has 6 N–H and O–H groups in total. The van der Waals surface area contributed by atoms with Crippen LogP contribution in [0.2, 0.25) is 0 Å². The molecule has 0 aliphatic heterocycles. The number of aliphatic carboxylic acids is 1. The van der Waals surface area contributed by atoms with Crippen LogP contribution in [-0.2, 0) is 4.79 Å². The number of carboxylic acid groups (broad SMARTS) is 1. The van der Waals surface area contributed by atoms with E-state index in [9.17, 15) is 41.8 Å². The predicted molar refractivity (Wildman–Crippen MR) is 177 cm³/mol. The van der Waals surface area contributed by atoms with E-state index in [1.54, 1.807) is 36.5 Å². The van der Waals surface area contributed by atoms with Crippen LogP contribution < -0.4 is 16.2 Å². The Morgan fingerprint density at radius 2 is 1.61 bits per heavy atom. The number of rotatable bonds is 8. The van der Waals surface area contributed by atoms with E-state index in [1.807, 2.05) is 19.1 Å². The molecule has 6 rings (SSSR count). The zero-order chi connectivity index (χ0) is 37.0. The molecule has 51 heavy (non-hydrogen) atoms. The van der Waals surface area contributed by atoms with Crippen molar-refractivity contribution in [2.45, 2.75) is 19.1 Å². The molecule has 0 unspecified atom stereocenters. The second-order valence-electron chi connectivity index (χ2n) is 11.0. The molecule has 3 aromatic heterocycles. The van der Waals surface area contributed by atoms with Gasteiger partial charge in [0.2, 0.25) is 5.95 Å². The van der Waals surface area contributed by atoms with Gasteiger partial charge in [-0.2, -0.15) is 18.2 Å². The number of aryl methyl sites for hydroxylation is 1. The number of carboxylic acids is 1. The first kappa shape index (κ1) is 36.1. The fourth-order valence-electron chi connectivity index (χ4n) is 5.06. The van der Waals surface area contributed by atoms with Crippen LogP contribution in [0.4, 0.5) is 33.6 Å². The van der Waals surface area contributed by atoms with Crippen molar-refractivity contribution in [3.8, 4) is 16.9 Å². The number of amides is 1. The topological polar surface area (TPSA) is 182 Å². The number of hydrogen-bond acceptors (Lipinski definition) is 8. The quantitative estimate of drug-likeness (QED) is 0.116. The maximum atomic E-state index is 15.0. The zero-order valence-electron chi connectivity index (χ0n) is 26.3. The highest BCUT2D eigenvalue weighted by Gasteiger charge is 2.38. The number of alkyl halides is 3. The Morgan fingerprint density at radius 3 is 2.25 bits per heavy atom. The standard InChI is InChI=1S/C32H26F2N6O4.C2HF3O2/c1-17-8-9-19(36-31(44)22-5-2-4-18-12-13-35-27(18)22)14-23(17)28-21-10-11-26(43)40(29-24(33)6-3-7-25(29)34)30(21)39-32(38-28)37-20(15-41)16-42;3-2(4,5)1(6)7/h2-14,20,35,41-42H,15-16H2,1H3,(H,36,44)(H,37,38,39);(H,6,7). The summed E-state index contributed by atoms with van der Waals surface area (Å²) >= 11 is 0. The molecular formula is C34H27F5N6O6. The van der Waals surface area contributed by atoms with Crippen LogP contribution in [0.25, 0.3) is 38.9 Å². The number of aliphatic hydroxyl groups is 2. The lowest BCUT2D eigenvalue weighted by molar-refractivity contribution is -0.192. The van der Waals surface area contributed by atoms with E-state index in [-0.39, 0.29) is 28.6 Å². The largest absolute Gasteiger partial charge is 0.490 e. The van der Waals surface area contributed by atoms with Crippen molar-refractivity contribution in [1.29, 1.82) is 0 Å². The van der Waals surface area contributed by atoms with Crippen molar-refractivity contribution in [3.05, 3.63) is 112 Å². The van der Waals surface area contributed by atoms with Crippen molar-refractivity contribution < 1.29 is 46.9 Å². The van der Waals surface area contributed by atoms with Gasteiger partial charge < -0.3 is 30.9 Å². The molecule has 0 aliphatic carbocycles. The number of H-pyrrole nitrogens is 1. The molecule has 0 aliphatic rings. The lowest BCUT2D eigenvalue weighted by Gasteiger charge is -2.18. The van der Waals surface area contributed by atoms with Gasteiger partial charge in [0, 0.05) is 34.3 Å². The van der Waals surface area contributed by atoms with Gasteiger partial charge in [0.1, 0.15) is 17.3 Å². The monoisotopic (exact) mass is 710 g/mol. The summed E-state index contributed by atoms with van der Waals surface area (Å²) in [6.45, 7) is 0.883. The first-order valence-corrected chi connectivity index (χ1v) is 14.9. The van der Waals surface area contributed by atoms with Crippen LogP contribution in [-0.4, -0.2) is 72.1 Å². The van der Waals surface area contributed by atoms with E-state index in [2.05, 4.69) is 25.6 Å². The van der Waals surface area contributed by atoms with Crippen LogP contribution in [0.1, 0.15) is 15.9 Å². The van der Waals surface area contributed by atoms with Crippen molar-refractivity contribution in [2.24, 2.45) is 0 Å². The molecule has 12 nitrogen and oxygen atoms in total. The molecular weight excluding hydrogens is 683 g/mol. The lowest BCUT2D eigenvalue weighted by Crippen LogP contribution is -2.29. The number of aliphatic hydroxyl groups excluding tert-OH is 2. The summed E-state index contributed by atoms with van der Waals surface area (Å²) in [6, 6.07) is 17.5. The number of para-hydroxylation sites is 2. The first-order chi connectivity index (χ1) is 24.2. The maximum Gasteiger partial charge on any atom is 0.490 e. The lowest BCUT2D eigenvalue weighted by atomic mass is 10.0. The van der Waals surface area contributed by atoms with Crippen LogP contribution >= 0.6 is 0 Å². The summed E-state index contributed by atoms with van der Waals surface area (Å²) in [5.41, 5.74) is 1.64. The SMILES string of the molecule is Cc1ccc(NC(=O)c2cccc3cc[nH]c23)cc1-c1nc(NC(CO)CO)nc2c1ccc(=O)n2-c1c(F)cccc1F.O=C(O)C(F)(F)F. The molecule has 3 heterocycles. The van der Waals surface area contributed by atoms with Crippen molar-refractivity contribution in [2.75, 3.05) is 23.8 Å². The highest BCUT2D eigenvalue weighted by Crippen LogP contribution is 2.33. The molecule has 264 valence electrons. The van der Waals surface area contributed by atoms with Crippen LogP contribution in [0, 0.1) is 18.6 Å². The van der Waals surface area contributed by atoms with E-state index < -0.39 is 54.3 Å². The summed E-state index contributed by atoms with van der Waals surface area (Å²) in [4.78, 5) is 47.4. The summed E-state index contributed by atoms with van der Waals surface area (Å²) in [5.74, 6) is -5.16. The number of pyridine rings is 1. The number of hydrogen-bond donors (Lipinski definition) is 6. The van der Waals surface area contributed by atoms with Crippen LogP contribution in [0.3, 0.4) is 0 Å². The molecule has 0 bridgehead atoms. The Morgan fingerprint density at radius 1 is 0.941 bits per heavy atom. The minimum atomic E-state index is -5.08. The second-order valence-corrected chi connectivity index (χ2v) is 11.0. The molecule has 17 heteroatoms. The number of benzene rings is 3. The van der Waals surface area contributed by atoms with Gasteiger partial charge in [-0.05, 0) is 55.0 Å². The predicted octanol–water partition coefficient (Wildman–Crippen LogP) is 5.17. The van der Waals surface area contributed by atoms with Gasteiger partial charge >= 0.3 is 12.1 Å². The molecule has 1 amide bonds. The normalized spacial score (nSPS) is 11.4. The Kier molecular flexibility index (Phi) is 10.4. The van der Waals surface area contributed by atoms with Gasteiger partial charge in [0.15, 0.2) is 5.65 Å². The third kappa shape index (κ3) is 7.68.